The number of ether oxygens (including phenoxy) is 1. The molecule has 0 saturated carbocycles. The van der Waals surface area contributed by atoms with Gasteiger partial charge in [0.25, 0.3) is 0 Å². The summed E-state index contributed by atoms with van der Waals surface area (Å²) in [6, 6.07) is 27.4. The molecular weight excluding hydrogens is 322 g/mol. The first kappa shape index (κ1) is 17.7. The molecule has 0 fully saturated rings. The molecule has 0 N–H and O–H groups in total. The molecule has 132 valence electrons. The van der Waals surface area contributed by atoms with Gasteiger partial charge in [-0.2, -0.15) is 0 Å². The minimum absolute atomic E-state index is 0.102. The van der Waals surface area contributed by atoms with Gasteiger partial charge in [-0.05, 0) is 24.6 Å². The molecule has 3 nitrogen and oxygen atoms in total. The Kier molecular flexibility index (Phi) is 6.05. The first-order chi connectivity index (χ1) is 12.8. The van der Waals surface area contributed by atoms with Crippen LogP contribution in [0.25, 0.3) is 0 Å². The van der Waals surface area contributed by atoms with Crippen molar-refractivity contribution in [3.8, 4) is 5.75 Å². The third-order valence-corrected chi connectivity index (χ3v) is 4.26. The quantitative estimate of drug-likeness (QED) is 0.540. The fraction of sp³-hybridized carbons (Fsp3) is 0.174. The van der Waals surface area contributed by atoms with Crippen molar-refractivity contribution >= 4 is 11.5 Å². The minimum Gasteiger partial charge on any atom is -0.487 e. The number of rotatable bonds is 8. The number of carbonyl (C=O) groups excluding carboxylic acids is 1. The number of likely N-dealkylation sites (N-methyl/N-ethyl adjacent to an activating group) is 1. The highest BCUT2D eigenvalue weighted by Crippen LogP contribution is 2.29. The lowest BCUT2D eigenvalue weighted by molar-refractivity contribution is 0.0999. The summed E-state index contributed by atoms with van der Waals surface area (Å²) in [7, 11) is 0. The summed E-state index contributed by atoms with van der Waals surface area (Å²) in [4.78, 5) is 14.6. The Bertz CT molecular complexity index is 831. The van der Waals surface area contributed by atoms with Gasteiger partial charge in [-0.15, -0.1) is 0 Å². The number of ketones is 1. The van der Waals surface area contributed by atoms with Crippen molar-refractivity contribution in [2.75, 3.05) is 18.0 Å². The molecule has 0 unspecified atom stereocenters. The molecule has 0 spiro atoms. The van der Waals surface area contributed by atoms with Crippen LogP contribution in [0.1, 0.15) is 22.8 Å². The monoisotopic (exact) mass is 345 g/mol. The van der Waals surface area contributed by atoms with Gasteiger partial charge in [0.15, 0.2) is 5.78 Å². The Balaban J connectivity index is 1.75. The summed E-state index contributed by atoms with van der Waals surface area (Å²) < 4.78 is 6.04. The van der Waals surface area contributed by atoms with Crippen LogP contribution in [0.5, 0.6) is 5.75 Å². The fourth-order valence-electron chi connectivity index (χ4n) is 2.83. The van der Waals surface area contributed by atoms with Gasteiger partial charge in [-0.3, -0.25) is 4.79 Å². The van der Waals surface area contributed by atoms with E-state index in [1.807, 2.05) is 91.9 Å². The molecule has 0 amide bonds. The Morgan fingerprint density at radius 1 is 0.846 bits per heavy atom. The summed E-state index contributed by atoms with van der Waals surface area (Å²) in [5.41, 5.74) is 2.79. The van der Waals surface area contributed by atoms with Gasteiger partial charge < -0.3 is 9.64 Å². The molecule has 0 aliphatic carbocycles. The van der Waals surface area contributed by atoms with Crippen molar-refractivity contribution in [2.45, 2.75) is 13.5 Å². The molecule has 0 radical (unpaired) electrons. The van der Waals surface area contributed by atoms with E-state index in [2.05, 4.69) is 4.90 Å². The van der Waals surface area contributed by atoms with Crippen molar-refractivity contribution in [3.05, 3.63) is 96.1 Å². The zero-order valence-corrected chi connectivity index (χ0v) is 15.0. The lowest BCUT2D eigenvalue weighted by Crippen LogP contribution is -2.30. The zero-order chi connectivity index (χ0) is 18.2. The molecule has 0 aliphatic rings. The molecule has 26 heavy (non-hydrogen) atoms. The topological polar surface area (TPSA) is 29.5 Å². The second-order valence-corrected chi connectivity index (χ2v) is 6.05. The van der Waals surface area contributed by atoms with Crippen LogP contribution in [0.2, 0.25) is 0 Å². The summed E-state index contributed by atoms with van der Waals surface area (Å²) in [6.45, 7) is 3.60. The third-order valence-electron chi connectivity index (χ3n) is 4.26. The van der Waals surface area contributed by atoms with Gasteiger partial charge in [0.2, 0.25) is 0 Å². The molecule has 3 aromatic carbocycles. The molecule has 0 saturated heterocycles. The summed E-state index contributed by atoms with van der Waals surface area (Å²) in [6.07, 6.45) is 0. The molecule has 0 aliphatic heterocycles. The van der Waals surface area contributed by atoms with E-state index in [4.69, 9.17) is 4.74 Å². The van der Waals surface area contributed by atoms with E-state index in [1.54, 1.807) is 0 Å². The smallest absolute Gasteiger partial charge is 0.182 e. The highest BCUT2D eigenvalue weighted by molar-refractivity contribution is 5.99. The largest absolute Gasteiger partial charge is 0.487 e. The standard InChI is InChI=1S/C23H23NO2/c1-2-24(17-22(25)20-13-7-4-8-14-20)21-15-9-10-16-23(21)26-18-19-11-5-3-6-12-19/h3-16H,2,17-18H2,1H3. The number of benzene rings is 3. The number of hydrogen-bond donors (Lipinski definition) is 0. The molecule has 0 aromatic heterocycles. The number of para-hydroxylation sites is 2. The van der Waals surface area contributed by atoms with Gasteiger partial charge in [-0.1, -0.05) is 72.8 Å². The average Bonchev–Trinajstić information content (AvgIpc) is 2.72. The third kappa shape index (κ3) is 4.51. The highest BCUT2D eigenvalue weighted by Gasteiger charge is 2.15. The average molecular weight is 345 g/mol. The Morgan fingerprint density at radius 2 is 1.46 bits per heavy atom. The summed E-state index contributed by atoms with van der Waals surface area (Å²) in [5.74, 6) is 0.893. The fourth-order valence-corrected chi connectivity index (χ4v) is 2.83. The Morgan fingerprint density at radius 3 is 2.15 bits per heavy atom. The van der Waals surface area contributed by atoms with Gasteiger partial charge in [0, 0.05) is 12.1 Å². The molecule has 0 bridgehead atoms. The van der Waals surface area contributed by atoms with Crippen molar-refractivity contribution in [2.24, 2.45) is 0 Å². The highest BCUT2D eigenvalue weighted by atomic mass is 16.5. The van der Waals surface area contributed by atoms with Crippen LogP contribution in [0.4, 0.5) is 5.69 Å². The SMILES string of the molecule is CCN(CC(=O)c1ccccc1)c1ccccc1OCc1ccccc1. The van der Waals surface area contributed by atoms with Crippen LogP contribution >= 0.6 is 0 Å². The molecular formula is C23H23NO2. The maximum absolute atomic E-state index is 12.6. The van der Waals surface area contributed by atoms with Crippen LogP contribution in [-0.2, 0) is 6.61 Å². The number of anilines is 1. The maximum atomic E-state index is 12.6. The van der Waals surface area contributed by atoms with E-state index in [1.165, 1.54) is 0 Å². The normalized spacial score (nSPS) is 10.3. The Hall–Kier alpha value is -3.07. The molecule has 0 atom stereocenters. The predicted molar refractivity (Wildman–Crippen MR) is 106 cm³/mol. The van der Waals surface area contributed by atoms with Crippen molar-refractivity contribution in [1.29, 1.82) is 0 Å². The Labute approximate surface area is 154 Å². The van der Waals surface area contributed by atoms with Gasteiger partial charge in [0.1, 0.15) is 12.4 Å². The van der Waals surface area contributed by atoms with E-state index in [0.717, 1.165) is 29.1 Å². The number of hydrogen-bond acceptors (Lipinski definition) is 3. The van der Waals surface area contributed by atoms with Crippen LogP contribution in [0, 0.1) is 0 Å². The van der Waals surface area contributed by atoms with E-state index >= 15 is 0 Å². The van der Waals surface area contributed by atoms with Crippen LogP contribution in [-0.4, -0.2) is 18.9 Å². The van der Waals surface area contributed by atoms with E-state index in [-0.39, 0.29) is 5.78 Å². The minimum atomic E-state index is 0.102. The van der Waals surface area contributed by atoms with Crippen LogP contribution < -0.4 is 9.64 Å². The lowest BCUT2D eigenvalue weighted by atomic mass is 10.1. The van der Waals surface area contributed by atoms with Gasteiger partial charge in [0.05, 0.1) is 12.2 Å². The van der Waals surface area contributed by atoms with E-state index in [0.29, 0.717) is 13.2 Å². The molecule has 3 rings (SSSR count). The lowest BCUT2D eigenvalue weighted by Gasteiger charge is -2.25. The predicted octanol–water partition coefficient (Wildman–Crippen LogP) is 4.97. The summed E-state index contributed by atoms with van der Waals surface area (Å²) in [5, 5.41) is 0. The number of Topliss-reactive ketones (excluding diaryl/α,β-unsaturated/α-hetero) is 1. The second kappa shape index (κ2) is 8.86. The molecule has 3 heteroatoms. The van der Waals surface area contributed by atoms with Gasteiger partial charge >= 0.3 is 0 Å². The van der Waals surface area contributed by atoms with Crippen molar-refractivity contribution < 1.29 is 9.53 Å². The van der Waals surface area contributed by atoms with Crippen LogP contribution in [0.15, 0.2) is 84.9 Å². The van der Waals surface area contributed by atoms with E-state index < -0.39 is 0 Å². The van der Waals surface area contributed by atoms with Crippen molar-refractivity contribution in [1.82, 2.24) is 0 Å². The van der Waals surface area contributed by atoms with Gasteiger partial charge in [-0.25, -0.2) is 0 Å². The van der Waals surface area contributed by atoms with Crippen molar-refractivity contribution in [3.63, 3.8) is 0 Å². The van der Waals surface area contributed by atoms with Crippen LogP contribution in [0.3, 0.4) is 0 Å². The molecule has 0 heterocycles. The summed E-state index contributed by atoms with van der Waals surface area (Å²) >= 11 is 0. The maximum Gasteiger partial charge on any atom is 0.182 e. The molecule has 3 aromatic rings. The zero-order valence-electron chi connectivity index (χ0n) is 15.0. The first-order valence-corrected chi connectivity index (χ1v) is 8.87. The number of carbonyl (C=O) groups is 1. The number of nitrogens with zero attached hydrogens (tertiary/aromatic N) is 1. The van der Waals surface area contributed by atoms with E-state index in [9.17, 15) is 4.79 Å². The second-order valence-electron chi connectivity index (χ2n) is 6.05. The first-order valence-electron chi connectivity index (χ1n) is 8.87.